The highest BCUT2D eigenvalue weighted by Gasteiger charge is 2.36. The number of fused-ring (bicyclic) bond motifs is 1. The molecule has 1 aromatic heterocycles. The molecule has 2 heterocycles. The molecule has 6 nitrogen and oxygen atoms in total. The van der Waals surface area contributed by atoms with Crippen LogP contribution in [-0.4, -0.2) is 55.4 Å². The summed E-state index contributed by atoms with van der Waals surface area (Å²) in [6.45, 7) is 3.70. The quantitative estimate of drug-likeness (QED) is 0.727. The van der Waals surface area contributed by atoms with Crippen LogP contribution in [0.5, 0.6) is 0 Å². The summed E-state index contributed by atoms with van der Waals surface area (Å²) in [6.07, 6.45) is -0.533. The van der Waals surface area contributed by atoms with Crippen molar-refractivity contribution in [2.45, 2.75) is 32.4 Å². The molecule has 0 spiro atoms. The van der Waals surface area contributed by atoms with Crippen molar-refractivity contribution in [1.82, 2.24) is 4.90 Å². The van der Waals surface area contributed by atoms with E-state index in [2.05, 4.69) is 0 Å². The summed E-state index contributed by atoms with van der Waals surface area (Å²) in [7, 11) is -3.09. The second-order valence-corrected chi connectivity index (χ2v) is 9.69. The van der Waals surface area contributed by atoms with Crippen LogP contribution in [0.4, 0.5) is 0 Å². The van der Waals surface area contributed by atoms with E-state index in [-0.39, 0.29) is 23.5 Å². The van der Waals surface area contributed by atoms with Crippen molar-refractivity contribution in [3.8, 4) is 0 Å². The number of esters is 1. The Kier molecular flexibility index (Phi) is 5.34. The molecule has 0 radical (unpaired) electrons. The Morgan fingerprint density at radius 3 is 2.69 bits per heavy atom. The van der Waals surface area contributed by atoms with Gasteiger partial charge in [-0.1, -0.05) is 18.2 Å². The van der Waals surface area contributed by atoms with Gasteiger partial charge in [0.2, 0.25) is 0 Å². The molecule has 2 aromatic rings. The highest BCUT2D eigenvalue weighted by molar-refractivity contribution is 7.91. The lowest BCUT2D eigenvalue weighted by molar-refractivity contribution is -0.141. The Bertz CT molecular complexity index is 901. The Balaban J connectivity index is 1.68. The lowest BCUT2D eigenvalue weighted by atomic mass is 10.2. The van der Waals surface area contributed by atoms with Gasteiger partial charge in [0.25, 0.3) is 5.91 Å². The topological polar surface area (TPSA) is 80.8 Å². The average Bonchev–Trinajstić information content (AvgIpc) is 3.18. The number of ether oxygens (including phenoxy) is 1. The van der Waals surface area contributed by atoms with Gasteiger partial charge in [-0.2, -0.15) is 0 Å². The molecule has 140 valence electrons. The summed E-state index contributed by atoms with van der Waals surface area (Å²) < 4.78 is 29.7. The zero-order valence-electron chi connectivity index (χ0n) is 14.7. The molecule has 0 N–H and O–H groups in total. The highest BCUT2D eigenvalue weighted by Crippen LogP contribution is 2.26. The molecule has 2 unspecified atom stereocenters. The number of sulfone groups is 1. The molecule has 8 heteroatoms. The van der Waals surface area contributed by atoms with Crippen LogP contribution in [0.2, 0.25) is 0 Å². The molecule has 1 amide bonds. The summed E-state index contributed by atoms with van der Waals surface area (Å²) in [4.78, 5) is 27.0. The van der Waals surface area contributed by atoms with E-state index in [0.717, 1.165) is 10.1 Å². The number of nitrogens with zero attached hydrogens (tertiary/aromatic N) is 1. The predicted octanol–water partition coefficient (Wildman–Crippen LogP) is 2.48. The van der Waals surface area contributed by atoms with Crippen molar-refractivity contribution in [3.63, 3.8) is 0 Å². The van der Waals surface area contributed by atoms with Crippen molar-refractivity contribution in [2.24, 2.45) is 0 Å². The molecular formula is C18H21NO5S2. The maximum atomic E-state index is 12.7. The Morgan fingerprint density at radius 1 is 1.35 bits per heavy atom. The number of carbonyl (C=O) groups excluding carboxylic acids is 2. The van der Waals surface area contributed by atoms with Crippen LogP contribution in [0.25, 0.3) is 10.1 Å². The molecule has 0 saturated carbocycles. The van der Waals surface area contributed by atoms with Gasteiger partial charge < -0.3 is 9.64 Å². The van der Waals surface area contributed by atoms with E-state index in [1.54, 1.807) is 13.0 Å². The number of likely N-dealkylation sites (N-methyl/N-ethyl adjacent to an activating group) is 1. The van der Waals surface area contributed by atoms with Crippen LogP contribution >= 0.6 is 11.3 Å². The minimum absolute atomic E-state index is 0.0242. The van der Waals surface area contributed by atoms with E-state index in [4.69, 9.17) is 4.74 Å². The van der Waals surface area contributed by atoms with E-state index in [0.29, 0.717) is 17.8 Å². The molecule has 1 saturated heterocycles. The number of hydrogen-bond acceptors (Lipinski definition) is 6. The second kappa shape index (κ2) is 7.36. The van der Waals surface area contributed by atoms with Gasteiger partial charge >= 0.3 is 5.97 Å². The average molecular weight is 396 g/mol. The molecule has 1 fully saturated rings. The van der Waals surface area contributed by atoms with Gasteiger partial charge in [0.1, 0.15) is 4.88 Å². The first-order valence-corrected chi connectivity index (χ1v) is 11.1. The maximum absolute atomic E-state index is 12.7. The number of benzene rings is 1. The molecule has 3 rings (SSSR count). The Labute approximate surface area is 156 Å². The van der Waals surface area contributed by atoms with E-state index >= 15 is 0 Å². The smallest absolute Gasteiger partial charge is 0.349 e. The number of carbonyl (C=O) groups is 2. The van der Waals surface area contributed by atoms with Crippen molar-refractivity contribution >= 4 is 43.1 Å². The summed E-state index contributed by atoms with van der Waals surface area (Å²) in [6, 6.07) is 9.03. The molecule has 1 aromatic carbocycles. The van der Waals surface area contributed by atoms with Crippen LogP contribution in [0.15, 0.2) is 30.3 Å². The standard InChI is InChI=1S/C18H21NO5S2/c1-3-19(14-8-9-26(22,23)11-14)17(20)12(2)24-18(21)16-10-13-6-4-5-7-15(13)25-16/h4-7,10,12,14H,3,8-9,11H2,1-2H3. The largest absolute Gasteiger partial charge is 0.448 e. The number of amides is 1. The Hall–Kier alpha value is -1.93. The zero-order chi connectivity index (χ0) is 18.9. The summed E-state index contributed by atoms with van der Waals surface area (Å²) in [5.41, 5.74) is 0. The fourth-order valence-electron chi connectivity index (χ4n) is 3.20. The predicted molar refractivity (Wildman–Crippen MR) is 101 cm³/mol. The molecule has 0 aliphatic carbocycles. The van der Waals surface area contributed by atoms with Crippen LogP contribution in [-0.2, 0) is 19.4 Å². The molecule has 1 aliphatic heterocycles. The number of rotatable bonds is 5. The summed E-state index contributed by atoms with van der Waals surface area (Å²) in [5, 5.41) is 0.953. The SMILES string of the molecule is CCN(C(=O)C(C)OC(=O)c1cc2ccccc2s1)C1CCS(=O)(=O)C1. The third-order valence-corrected chi connectivity index (χ3v) is 7.38. The van der Waals surface area contributed by atoms with E-state index in [1.165, 1.54) is 23.2 Å². The normalized spacial score (nSPS) is 20.0. The molecular weight excluding hydrogens is 374 g/mol. The van der Waals surface area contributed by atoms with Gasteiger partial charge in [0, 0.05) is 17.3 Å². The van der Waals surface area contributed by atoms with Crippen LogP contribution in [0, 0.1) is 0 Å². The van der Waals surface area contributed by atoms with Gasteiger partial charge in [-0.15, -0.1) is 11.3 Å². The Morgan fingerprint density at radius 2 is 2.08 bits per heavy atom. The third-order valence-electron chi connectivity index (χ3n) is 4.53. The van der Waals surface area contributed by atoms with Crippen LogP contribution < -0.4 is 0 Å². The lowest BCUT2D eigenvalue weighted by Crippen LogP contribution is -2.46. The highest BCUT2D eigenvalue weighted by atomic mass is 32.2. The van der Waals surface area contributed by atoms with Crippen molar-refractivity contribution in [1.29, 1.82) is 0 Å². The van der Waals surface area contributed by atoms with E-state index in [9.17, 15) is 18.0 Å². The van der Waals surface area contributed by atoms with Crippen LogP contribution in [0.1, 0.15) is 29.9 Å². The monoisotopic (exact) mass is 395 g/mol. The first kappa shape index (κ1) is 18.8. The molecule has 26 heavy (non-hydrogen) atoms. The number of hydrogen-bond donors (Lipinski definition) is 0. The minimum atomic E-state index is -3.09. The minimum Gasteiger partial charge on any atom is -0.448 e. The van der Waals surface area contributed by atoms with Gasteiger partial charge in [0.15, 0.2) is 15.9 Å². The van der Waals surface area contributed by atoms with Gasteiger partial charge in [-0.3, -0.25) is 4.79 Å². The van der Waals surface area contributed by atoms with Gasteiger partial charge in [-0.05, 0) is 37.8 Å². The first-order chi connectivity index (χ1) is 12.3. The van der Waals surface area contributed by atoms with E-state index in [1.807, 2.05) is 24.3 Å². The fourth-order valence-corrected chi connectivity index (χ4v) is 5.88. The summed E-state index contributed by atoms with van der Waals surface area (Å²) in [5.74, 6) is -0.827. The van der Waals surface area contributed by atoms with Gasteiger partial charge in [-0.25, -0.2) is 13.2 Å². The third kappa shape index (κ3) is 3.91. The molecule has 2 atom stereocenters. The van der Waals surface area contributed by atoms with Crippen molar-refractivity contribution in [3.05, 3.63) is 35.2 Å². The second-order valence-electron chi connectivity index (χ2n) is 6.38. The fraction of sp³-hybridized carbons (Fsp3) is 0.444. The first-order valence-electron chi connectivity index (χ1n) is 8.51. The zero-order valence-corrected chi connectivity index (χ0v) is 16.3. The van der Waals surface area contributed by atoms with Crippen molar-refractivity contribution in [2.75, 3.05) is 18.1 Å². The summed E-state index contributed by atoms with van der Waals surface area (Å²) >= 11 is 1.32. The maximum Gasteiger partial charge on any atom is 0.349 e. The van der Waals surface area contributed by atoms with Crippen molar-refractivity contribution < 1.29 is 22.7 Å². The number of thiophene rings is 1. The molecule has 0 bridgehead atoms. The van der Waals surface area contributed by atoms with Gasteiger partial charge in [0.05, 0.1) is 11.5 Å². The lowest BCUT2D eigenvalue weighted by Gasteiger charge is -2.29. The van der Waals surface area contributed by atoms with E-state index < -0.39 is 21.9 Å². The molecule has 1 aliphatic rings. The van der Waals surface area contributed by atoms with Crippen LogP contribution in [0.3, 0.4) is 0 Å².